The largest absolute Gasteiger partial charge is 0.327 e. The molecule has 1 rings (SSSR count). The first-order valence-corrected chi connectivity index (χ1v) is 4.55. The van der Waals surface area contributed by atoms with Crippen LogP contribution in [0.2, 0.25) is 0 Å². The Hall–Kier alpha value is -1.42. The summed E-state index contributed by atoms with van der Waals surface area (Å²) < 4.78 is 1.61. The summed E-state index contributed by atoms with van der Waals surface area (Å²) in [4.78, 5) is 15.7. The molecular formula is C10H15N3O. The Morgan fingerprint density at radius 2 is 2.21 bits per heavy atom. The zero-order valence-corrected chi connectivity index (χ0v) is 8.53. The van der Waals surface area contributed by atoms with E-state index in [1.165, 1.54) is 6.07 Å². The lowest BCUT2D eigenvalue weighted by Crippen LogP contribution is -2.22. The van der Waals surface area contributed by atoms with Crippen molar-refractivity contribution in [2.24, 2.45) is 5.73 Å². The molecule has 0 unspecified atom stereocenters. The summed E-state index contributed by atoms with van der Waals surface area (Å²) in [6.07, 6.45) is 3.69. The van der Waals surface area contributed by atoms with Gasteiger partial charge in [-0.25, -0.2) is 4.98 Å². The van der Waals surface area contributed by atoms with Gasteiger partial charge in [0.1, 0.15) is 5.82 Å². The Labute approximate surface area is 83.1 Å². The van der Waals surface area contributed by atoms with Gasteiger partial charge in [0, 0.05) is 24.8 Å². The average molecular weight is 193 g/mol. The van der Waals surface area contributed by atoms with E-state index in [0.717, 1.165) is 11.5 Å². The van der Waals surface area contributed by atoms with E-state index in [0.29, 0.717) is 13.1 Å². The molecule has 0 aliphatic rings. The van der Waals surface area contributed by atoms with Crippen molar-refractivity contribution in [1.82, 2.24) is 9.55 Å². The van der Waals surface area contributed by atoms with Crippen molar-refractivity contribution in [3.8, 4) is 0 Å². The van der Waals surface area contributed by atoms with Crippen molar-refractivity contribution in [3.63, 3.8) is 0 Å². The van der Waals surface area contributed by atoms with Gasteiger partial charge in [-0.05, 0) is 13.8 Å². The lowest BCUT2D eigenvalue weighted by molar-refractivity contribution is 0.707. The Balaban J connectivity index is 2.97. The maximum Gasteiger partial charge on any atom is 0.253 e. The third-order valence-corrected chi connectivity index (χ3v) is 1.92. The van der Waals surface area contributed by atoms with Crippen LogP contribution in [0, 0.1) is 13.8 Å². The van der Waals surface area contributed by atoms with Gasteiger partial charge in [0.25, 0.3) is 5.56 Å². The van der Waals surface area contributed by atoms with Crippen molar-refractivity contribution in [3.05, 3.63) is 40.1 Å². The van der Waals surface area contributed by atoms with Gasteiger partial charge in [-0.3, -0.25) is 9.36 Å². The highest BCUT2D eigenvalue weighted by atomic mass is 16.1. The molecule has 0 atom stereocenters. The van der Waals surface area contributed by atoms with Gasteiger partial charge >= 0.3 is 0 Å². The number of nitrogens with two attached hydrogens (primary N) is 1. The SMILES string of the molecule is Cc1cc(=O)n(CC=CCN)c(C)n1. The minimum atomic E-state index is -0.0170. The molecule has 0 aliphatic carbocycles. The number of hydrogen-bond acceptors (Lipinski definition) is 3. The molecular weight excluding hydrogens is 178 g/mol. The molecule has 0 aromatic carbocycles. The first-order chi connectivity index (χ1) is 6.65. The number of hydrogen-bond donors (Lipinski definition) is 1. The highest BCUT2D eigenvalue weighted by Crippen LogP contribution is 1.93. The second kappa shape index (κ2) is 4.72. The van der Waals surface area contributed by atoms with Crippen LogP contribution in [0.25, 0.3) is 0 Å². The molecule has 0 fully saturated rings. The highest BCUT2D eigenvalue weighted by molar-refractivity contribution is 5.02. The normalized spacial score (nSPS) is 11.1. The summed E-state index contributed by atoms with van der Waals surface area (Å²) in [6, 6.07) is 1.53. The molecule has 0 spiro atoms. The standard InChI is InChI=1S/C10H15N3O/c1-8-7-10(14)13(9(2)12-8)6-4-3-5-11/h3-4,7H,5-6,11H2,1-2H3. The van der Waals surface area contributed by atoms with Gasteiger partial charge < -0.3 is 5.73 Å². The highest BCUT2D eigenvalue weighted by Gasteiger charge is 1.99. The van der Waals surface area contributed by atoms with Gasteiger partial charge in [0.05, 0.1) is 0 Å². The topological polar surface area (TPSA) is 60.9 Å². The third kappa shape index (κ3) is 2.53. The Kier molecular flexibility index (Phi) is 3.59. The van der Waals surface area contributed by atoms with E-state index >= 15 is 0 Å². The van der Waals surface area contributed by atoms with Crippen LogP contribution in [0.1, 0.15) is 11.5 Å². The molecule has 1 heterocycles. The number of aromatic nitrogens is 2. The Morgan fingerprint density at radius 1 is 1.50 bits per heavy atom. The lowest BCUT2D eigenvalue weighted by atomic mass is 10.4. The first-order valence-electron chi connectivity index (χ1n) is 4.55. The van der Waals surface area contributed by atoms with Gasteiger partial charge in [-0.2, -0.15) is 0 Å². The molecule has 4 nitrogen and oxygen atoms in total. The molecule has 0 amide bonds. The van der Waals surface area contributed by atoms with Crippen LogP contribution in [0.15, 0.2) is 23.0 Å². The molecule has 0 radical (unpaired) electrons. The molecule has 0 aliphatic heterocycles. The van der Waals surface area contributed by atoms with E-state index in [1.807, 2.05) is 26.0 Å². The molecule has 76 valence electrons. The third-order valence-electron chi connectivity index (χ3n) is 1.92. The lowest BCUT2D eigenvalue weighted by Gasteiger charge is -2.06. The van der Waals surface area contributed by atoms with Crippen molar-refractivity contribution in [1.29, 1.82) is 0 Å². The number of aryl methyl sites for hydroxylation is 2. The van der Waals surface area contributed by atoms with E-state index in [4.69, 9.17) is 5.73 Å². The summed E-state index contributed by atoms with van der Waals surface area (Å²) in [6.45, 7) is 4.67. The van der Waals surface area contributed by atoms with Crippen LogP contribution in [0.4, 0.5) is 0 Å². The van der Waals surface area contributed by atoms with Gasteiger partial charge in [0.2, 0.25) is 0 Å². The van der Waals surface area contributed by atoms with E-state index in [9.17, 15) is 4.79 Å². The summed E-state index contributed by atoms with van der Waals surface area (Å²) >= 11 is 0. The summed E-state index contributed by atoms with van der Waals surface area (Å²) in [7, 11) is 0. The molecule has 0 saturated heterocycles. The van der Waals surface area contributed by atoms with Crippen LogP contribution in [0.3, 0.4) is 0 Å². The number of rotatable bonds is 3. The number of allylic oxidation sites excluding steroid dienone is 1. The van der Waals surface area contributed by atoms with Crippen LogP contribution in [0.5, 0.6) is 0 Å². The minimum absolute atomic E-state index is 0.0170. The van der Waals surface area contributed by atoms with Crippen molar-refractivity contribution < 1.29 is 0 Å². The molecule has 1 aromatic heterocycles. The van der Waals surface area contributed by atoms with Crippen LogP contribution >= 0.6 is 0 Å². The summed E-state index contributed by atoms with van der Waals surface area (Å²) in [5, 5.41) is 0. The van der Waals surface area contributed by atoms with Gasteiger partial charge in [-0.15, -0.1) is 0 Å². The Morgan fingerprint density at radius 3 is 2.79 bits per heavy atom. The quantitative estimate of drug-likeness (QED) is 0.706. The molecule has 0 saturated carbocycles. The average Bonchev–Trinajstić information content (AvgIpc) is 2.09. The van der Waals surface area contributed by atoms with E-state index in [2.05, 4.69) is 4.98 Å². The first kappa shape index (κ1) is 10.7. The zero-order chi connectivity index (χ0) is 10.6. The maximum atomic E-state index is 11.5. The number of nitrogens with zero attached hydrogens (tertiary/aromatic N) is 2. The monoisotopic (exact) mass is 193 g/mol. The molecule has 2 N–H and O–H groups in total. The Bertz CT molecular complexity index is 393. The predicted molar refractivity (Wildman–Crippen MR) is 56.2 cm³/mol. The fraction of sp³-hybridized carbons (Fsp3) is 0.400. The fourth-order valence-electron chi connectivity index (χ4n) is 1.26. The van der Waals surface area contributed by atoms with Gasteiger partial charge in [-0.1, -0.05) is 12.2 Å². The van der Waals surface area contributed by atoms with Crippen molar-refractivity contribution in [2.45, 2.75) is 20.4 Å². The van der Waals surface area contributed by atoms with E-state index in [-0.39, 0.29) is 5.56 Å². The van der Waals surface area contributed by atoms with Crippen molar-refractivity contribution in [2.75, 3.05) is 6.54 Å². The molecule has 1 aromatic rings. The molecule has 14 heavy (non-hydrogen) atoms. The van der Waals surface area contributed by atoms with Gasteiger partial charge in [0.15, 0.2) is 0 Å². The maximum absolute atomic E-state index is 11.5. The smallest absolute Gasteiger partial charge is 0.253 e. The van der Waals surface area contributed by atoms with Crippen LogP contribution in [-0.2, 0) is 6.54 Å². The fourth-order valence-corrected chi connectivity index (χ4v) is 1.26. The van der Waals surface area contributed by atoms with Crippen molar-refractivity contribution >= 4 is 0 Å². The summed E-state index contributed by atoms with van der Waals surface area (Å²) in [5.41, 5.74) is 6.04. The predicted octanol–water partition coefficient (Wildman–Crippen LogP) is 0.375. The summed E-state index contributed by atoms with van der Waals surface area (Å²) in [5.74, 6) is 0.733. The minimum Gasteiger partial charge on any atom is -0.327 e. The second-order valence-corrected chi connectivity index (χ2v) is 3.10. The molecule has 4 heteroatoms. The second-order valence-electron chi connectivity index (χ2n) is 3.10. The van der Waals surface area contributed by atoms with Crippen LogP contribution in [-0.4, -0.2) is 16.1 Å². The zero-order valence-electron chi connectivity index (χ0n) is 8.53. The van der Waals surface area contributed by atoms with Crippen LogP contribution < -0.4 is 11.3 Å². The van der Waals surface area contributed by atoms with E-state index in [1.54, 1.807) is 4.57 Å². The molecule has 0 bridgehead atoms. The van der Waals surface area contributed by atoms with E-state index < -0.39 is 0 Å².